The summed E-state index contributed by atoms with van der Waals surface area (Å²) >= 11 is 1.70. The Morgan fingerprint density at radius 3 is 2.19 bits per heavy atom. The van der Waals surface area contributed by atoms with Gasteiger partial charge in [0.05, 0.1) is 4.92 Å². The molecule has 5 heteroatoms. The Hall–Kier alpha value is -1.07. The number of rotatable bonds is 3. The molecule has 0 aliphatic carbocycles. The molecule has 0 radical (unpaired) electrons. The number of nitrogens with zero attached hydrogens (tertiary/aromatic N) is 2. The fourth-order valence-electron chi connectivity index (χ4n) is 1.97. The normalized spacial score (nSPS) is 17.9. The molecule has 0 unspecified atom stereocenters. The Kier molecular flexibility index (Phi) is 11.0. The Labute approximate surface area is 133 Å². The molecule has 1 aliphatic rings. The predicted molar refractivity (Wildman–Crippen MR) is 91.7 cm³/mol. The fraction of sp³-hybridized carbons (Fsp3) is 0.625. The topological polar surface area (TPSA) is 46.4 Å². The molecule has 1 heterocycles. The van der Waals surface area contributed by atoms with Gasteiger partial charge in [0, 0.05) is 29.6 Å². The summed E-state index contributed by atoms with van der Waals surface area (Å²) in [6.07, 6.45) is 3.78. The molecule has 1 atom stereocenters. The zero-order valence-electron chi connectivity index (χ0n) is 13.8. The number of non-ortho nitro benzene ring substituents is 1. The number of piperidine rings is 1. The van der Waals surface area contributed by atoms with Gasteiger partial charge in [-0.15, -0.1) is 0 Å². The maximum atomic E-state index is 10.5. The predicted octanol–water partition coefficient (Wildman–Crippen LogP) is 5.53. The quantitative estimate of drug-likeness (QED) is 0.418. The average Bonchev–Trinajstić information content (AvgIpc) is 2.54. The smallest absolute Gasteiger partial charge is 0.258 e. The van der Waals surface area contributed by atoms with Crippen molar-refractivity contribution in [2.75, 3.05) is 6.54 Å². The molecule has 1 aromatic rings. The standard InChI is InChI=1S/C12H16N2O2S.2C2H6/c1-10-4-2-3-9-13(10)17-12-7-5-11(6-8-12)14(15)16;2*1-2/h5-8,10H,2-4,9H2,1H3;2*1-2H3/t10-;;/m1../s1. The van der Waals surface area contributed by atoms with Gasteiger partial charge in [-0.3, -0.25) is 10.1 Å². The molecule has 4 nitrogen and oxygen atoms in total. The van der Waals surface area contributed by atoms with E-state index in [1.807, 2.05) is 39.8 Å². The van der Waals surface area contributed by atoms with Crippen LogP contribution in [-0.2, 0) is 0 Å². The molecule has 120 valence electrons. The van der Waals surface area contributed by atoms with E-state index in [4.69, 9.17) is 0 Å². The summed E-state index contributed by atoms with van der Waals surface area (Å²) in [6, 6.07) is 7.37. The van der Waals surface area contributed by atoms with E-state index < -0.39 is 0 Å². The summed E-state index contributed by atoms with van der Waals surface area (Å²) in [5.41, 5.74) is 0.154. The second-order valence-electron chi connectivity index (χ2n) is 4.33. The van der Waals surface area contributed by atoms with Crippen molar-refractivity contribution in [3.63, 3.8) is 0 Å². The lowest BCUT2D eigenvalue weighted by Crippen LogP contribution is -2.31. The minimum Gasteiger partial charge on any atom is -0.258 e. The lowest BCUT2D eigenvalue weighted by molar-refractivity contribution is -0.384. The molecule has 0 saturated carbocycles. The second-order valence-corrected chi connectivity index (χ2v) is 5.45. The van der Waals surface area contributed by atoms with Gasteiger partial charge >= 0.3 is 0 Å². The maximum absolute atomic E-state index is 10.5. The van der Waals surface area contributed by atoms with Crippen LogP contribution in [0.25, 0.3) is 0 Å². The van der Waals surface area contributed by atoms with Crippen molar-refractivity contribution in [3.8, 4) is 0 Å². The molecule has 1 fully saturated rings. The van der Waals surface area contributed by atoms with Crippen molar-refractivity contribution in [1.29, 1.82) is 0 Å². The highest BCUT2D eigenvalue weighted by Crippen LogP contribution is 2.30. The Balaban J connectivity index is 0.000000921. The number of nitro groups is 1. The van der Waals surface area contributed by atoms with Crippen LogP contribution in [0.1, 0.15) is 53.9 Å². The van der Waals surface area contributed by atoms with E-state index in [2.05, 4.69) is 11.2 Å². The Bertz CT molecular complexity index is 396. The van der Waals surface area contributed by atoms with Crippen molar-refractivity contribution in [2.24, 2.45) is 0 Å². The van der Waals surface area contributed by atoms with Crippen LogP contribution in [0.15, 0.2) is 29.2 Å². The van der Waals surface area contributed by atoms with Crippen LogP contribution in [0.2, 0.25) is 0 Å². The van der Waals surface area contributed by atoms with Crippen molar-refractivity contribution >= 4 is 17.6 Å². The third kappa shape index (κ3) is 6.96. The molecule has 1 saturated heterocycles. The van der Waals surface area contributed by atoms with Gasteiger partial charge in [0.1, 0.15) is 0 Å². The summed E-state index contributed by atoms with van der Waals surface area (Å²) < 4.78 is 2.37. The maximum Gasteiger partial charge on any atom is 0.269 e. The van der Waals surface area contributed by atoms with Crippen LogP contribution in [-0.4, -0.2) is 21.8 Å². The molecule has 2 rings (SSSR count). The lowest BCUT2D eigenvalue weighted by atomic mass is 10.1. The van der Waals surface area contributed by atoms with Crippen molar-refractivity contribution in [1.82, 2.24) is 4.31 Å². The first kappa shape index (κ1) is 19.9. The SMILES string of the molecule is CC.CC.C[C@@H]1CCCCN1Sc1ccc([N+](=O)[O-])cc1. The van der Waals surface area contributed by atoms with Crippen molar-refractivity contribution in [2.45, 2.75) is 64.8 Å². The van der Waals surface area contributed by atoms with Crippen LogP contribution in [0.3, 0.4) is 0 Å². The number of benzene rings is 1. The minimum absolute atomic E-state index is 0.154. The third-order valence-electron chi connectivity index (χ3n) is 3.01. The summed E-state index contributed by atoms with van der Waals surface area (Å²) in [6.45, 7) is 11.3. The first-order chi connectivity index (χ1) is 10.2. The summed E-state index contributed by atoms with van der Waals surface area (Å²) in [5.74, 6) is 0. The van der Waals surface area contributed by atoms with E-state index in [9.17, 15) is 10.1 Å². The molecule has 21 heavy (non-hydrogen) atoms. The molecular formula is C16H28N2O2S. The first-order valence-electron chi connectivity index (χ1n) is 7.86. The van der Waals surface area contributed by atoms with Crippen molar-refractivity contribution < 1.29 is 4.92 Å². The molecule has 0 N–H and O–H groups in total. The van der Waals surface area contributed by atoms with Gasteiger partial charge in [0.15, 0.2) is 0 Å². The van der Waals surface area contributed by atoms with Crippen LogP contribution in [0.4, 0.5) is 5.69 Å². The summed E-state index contributed by atoms with van der Waals surface area (Å²) in [7, 11) is 0. The summed E-state index contributed by atoms with van der Waals surface area (Å²) in [4.78, 5) is 11.3. The van der Waals surface area contributed by atoms with Crippen molar-refractivity contribution in [3.05, 3.63) is 34.4 Å². The Morgan fingerprint density at radius 1 is 1.14 bits per heavy atom. The molecule has 0 amide bonds. The van der Waals surface area contributed by atoms with E-state index in [1.54, 1.807) is 24.1 Å². The Morgan fingerprint density at radius 2 is 1.71 bits per heavy atom. The second kappa shape index (κ2) is 11.6. The van der Waals surface area contributed by atoms with Gasteiger partial charge in [-0.1, -0.05) is 34.1 Å². The first-order valence-corrected chi connectivity index (χ1v) is 8.63. The van der Waals surface area contributed by atoms with E-state index in [1.165, 1.54) is 19.3 Å². The minimum atomic E-state index is -0.363. The van der Waals surface area contributed by atoms with E-state index >= 15 is 0 Å². The van der Waals surface area contributed by atoms with E-state index in [0.717, 1.165) is 11.4 Å². The van der Waals surface area contributed by atoms with Crippen LogP contribution < -0.4 is 0 Å². The van der Waals surface area contributed by atoms with Gasteiger partial charge in [0.2, 0.25) is 0 Å². The largest absolute Gasteiger partial charge is 0.269 e. The lowest BCUT2D eigenvalue weighted by Gasteiger charge is -2.31. The molecule has 0 bridgehead atoms. The van der Waals surface area contributed by atoms with Gasteiger partial charge < -0.3 is 0 Å². The van der Waals surface area contributed by atoms with Gasteiger partial charge in [-0.2, -0.15) is 0 Å². The van der Waals surface area contributed by atoms with Crippen LogP contribution >= 0.6 is 11.9 Å². The zero-order valence-corrected chi connectivity index (χ0v) is 14.7. The highest BCUT2D eigenvalue weighted by molar-refractivity contribution is 7.97. The molecule has 1 aromatic carbocycles. The highest BCUT2D eigenvalue weighted by atomic mass is 32.2. The molecule has 0 spiro atoms. The number of nitro benzene ring substituents is 1. The van der Waals surface area contributed by atoms with Gasteiger partial charge in [-0.25, -0.2) is 4.31 Å². The van der Waals surface area contributed by atoms with Gasteiger partial charge in [-0.05, 0) is 43.8 Å². The number of hydrogen-bond donors (Lipinski definition) is 0. The van der Waals surface area contributed by atoms with Crippen LogP contribution in [0.5, 0.6) is 0 Å². The van der Waals surface area contributed by atoms with Crippen LogP contribution in [0, 0.1) is 10.1 Å². The number of hydrogen-bond acceptors (Lipinski definition) is 4. The molecular weight excluding hydrogens is 284 g/mol. The zero-order chi connectivity index (χ0) is 16.3. The van der Waals surface area contributed by atoms with E-state index in [0.29, 0.717) is 6.04 Å². The molecule has 1 aliphatic heterocycles. The highest BCUT2D eigenvalue weighted by Gasteiger charge is 2.19. The average molecular weight is 312 g/mol. The monoisotopic (exact) mass is 312 g/mol. The fourth-order valence-corrected chi connectivity index (χ4v) is 3.01. The third-order valence-corrected chi connectivity index (χ3v) is 4.27. The molecule has 0 aromatic heterocycles. The van der Waals surface area contributed by atoms with Gasteiger partial charge in [0.25, 0.3) is 5.69 Å². The summed E-state index contributed by atoms with van der Waals surface area (Å²) in [5, 5.41) is 10.5. The van der Waals surface area contributed by atoms with E-state index in [-0.39, 0.29) is 10.6 Å².